The molecular weight excluding hydrogens is 264 g/mol. The minimum atomic E-state index is -0.963. The van der Waals surface area contributed by atoms with Crippen molar-refractivity contribution in [2.45, 2.75) is 13.5 Å². The molecule has 6 nitrogen and oxygen atoms in total. The average Bonchev–Trinajstić information content (AvgIpc) is 2.97. The molecule has 1 N–H and O–H groups in total. The predicted molar refractivity (Wildman–Crippen MR) is 70.4 cm³/mol. The number of hydrogen-bond acceptors (Lipinski definition) is 5. The first-order valence-corrected chi connectivity index (χ1v) is 6.48. The van der Waals surface area contributed by atoms with Crippen molar-refractivity contribution in [2.75, 3.05) is 0 Å². The first-order chi connectivity index (χ1) is 9.15. The van der Waals surface area contributed by atoms with Gasteiger partial charge in [-0.05, 0) is 25.1 Å². The van der Waals surface area contributed by atoms with Crippen molar-refractivity contribution < 1.29 is 9.90 Å². The Morgan fingerprint density at radius 1 is 1.47 bits per heavy atom. The van der Waals surface area contributed by atoms with E-state index < -0.39 is 5.97 Å². The van der Waals surface area contributed by atoms with Gasteiger partial charge in [-0.1, -0.05) is 5.21 Å². The van der Waals surface area contributed by atoms with Crippen LogP contribution in [0.5, 0.6) is 0 Å². The summed E-state index contributed by atoms with van der Waals surface area (Å²) in [4.78, 5) is 16.2. The van der Waals surface area contributed by atoms with E-state index >= 15 is 0 Å². The summed E-state index contributed by atoms with van der Waals surface area (Å²) >= 11 is 1.57. The minimum absolute atomic E-state index is 0.216. The molecule has 0 spiro atoms. The highest BCUT2D eigenvalue weighted by atomic mass is 32.1. The van der Waals surface area contributed by atoms with Crippen molar-refractivity contribution >= 4 is 28.3 Å². The van der Waals surface area contributed by atoms with Gasteiger partial charge >= 0.3 is 5.97 Å². The molecule has 2 aromatic heterocycles. The molecule has 0 unspecified atom stereocenters. The number of carboxylic acid groups (broad SMARTS) is 1. The fourth-order valence-electron chi connectivity index (χ4n) is 1.84. The van der Waals surface area contributed by atoms with Gasteiger partial charge in [0.05, 0.1) is 28.8 Å². The van der Waals surface area contributed by atoms with E-state index in [0.717, 1.165) is 16.1 Å². The standard InChI is InChI=1S/C12H10N4O2S/c1-7-11(19-6-13-7)5-16-10-3-2-8(12(17)18)4-9(10)14-15-16/h2-4,6H,5H2,1H3,(H,17,18). The van der Waals surface area contributed by atoms with E-state index in [1.807, 2.05) is 6.92 Å². The Hall–Kier alpha value is -2.28. The van der Waals surface area contributed by atoms with Gasteiger partial charge in [0.2, 0.25) is 0 Å². The number of aromatic carboxylic acids is 1. The Kier molecular flexibility index (Phi) is 2.75. The second kappa shape index (κ2) is 4.43. The summed E-state index contributed by atoms with van der Waals surface area (Å²) < 4.78 is 1.75. The van der Waals surface area contributed by atoms with Gasteiger partial charge in [-0.2, -0.15) is 0 Å². The number of benzene rings is 1. The fourth-order valence-corrected chi connectivity index (χ4v) is 2.59. The van der Waals surface area contributed by atoms with Crippen molar-refractivity contribution in [3.8, 4) is 0 Å². The molecule has 0 bridgehead atoms. The molecule has 0 fully saturated rings. The van der Waals surface area contributed by atoms with Crippen LogP contribution in [0.3, 0.4) is 0 Å². The van der Waals surface area contributed by atoms with Crippen LogP contribution in [0.2, 0.25) is 0 Å². The van der Waals surface area contributed by atoms with Crippen molar-refractivity contribution in [3.05, 3.63) is 39.8 Å². The summed E-state index contributed by atoms with van der Waals surface area (Å²) in [6, 6.07) is 4.82. The number of carbonyl (C=O) groups is 1. The molecule has 3 rings (SSSR count). The first-order valence-electron chi connectivity index (χ1n) is 5.60. The van der Waals surface area contributed by atoms with E-state index in [1.54, 1.807) is 33.7 Å². The molecule has 0 amide bonds. The molecule has 96 valence electrons. The van der Waals surface area contributed by atoms with Gasteiger partial charge in [0.1, 0.15) is 5.52 Å². The molecule has 2 heterocycles. The van der Waals surface area contributed by atoms with Gasteiger partial charge in [-0.3, -0.25) is 0 Å². The summed E-state index contributed by atoms with van der Waals surface area (Å²) in [7, 11) is 0. The van der Waals surface area contributed by atoms with Gasteiger partial charge in [0.25, 0.3) is 0 Å². The number of rotatable bonds is 3. The third-order valence-corrected chi connectivity index (χ3v) is 3.82. The molecule has 0 radical (unpaired) electrons. The Morgan fingerprint density at radius 3 is 3.00 bits per heavy atom. The summed E-state index contributed by atoms with van der Waals surface area (Å²) in [5, 5.41) is 17.0. The number of nitrogens with zero attached hydrogens (tertiary/aromatic N) is 4. The Labute approximate surface area is 112 Å². The summed E-state index contributed by atoms with van der Waals surface area (Å²) in [5.74, 6) is -0.963. The zero-order valence-electron chi connectivity index (χ0n) is 10.1. The van der Waals surface area contributed by atoms with Gasteiger partial charge in [0, 0.05) is 4.88 Å². The smallest absolute Gasteiger partial charge is 0.335 e. The van der Waals surface area contributed by atoms with Crippen LogP contribution in [0.1, 0.15) is 20.9 Å². The van der Waals surface area contributed by atoms with Gasteiger partial charge in [-0.25, -0.2) is 14.5 Å². The summed E-state index contributed by atoms with van der Waals surface area (Å²) in [6.07, 6.45) is 0. The SMILES string of the molecule is Cc1ncsc1Cn1nnc2cc(C(=O)O)ccc21. The zero-order valence-corrected chi connectivity index (χ0v) is 10.9. The van der Waals surface area contributed by atoms with Gasteiger partial charge in [0.15, 0.2) is 0 Å². The van der Waals surface area contributed by atoms with E-state index in [-0.39, 0.29) is 5.56 Å². The van der Waals surface area contributed by atoms with E-state index in [9.17, 15) is 4.79 Å². The molecule has 7 heteroatoms. The molecule has 0 atom stereocenters. The fraction of sp³-hybridized carbons (Fsp3) is 0.167. The predicted octanol–water partition coefficient (Wildman–Crippen LogP) is 1.94. The van der Waals surface area contributed by atoms with Crippen molar-refractivity contribution in [2.24, 2.45) is 0 Å². The van der Waals surface area contributed by atoms with Crippen LogP contribution in [-0.4, -0.2) is 31.1 Å². The second-order valence-electron chi connectivity index (χ2n) is 4.12. The van der Waals surface area contributed by atoms with Crippen molar-refractivity contribution in [1.29, 1.82) is 0 Å². The lowest BCUT2D eigenvalue weighted by atomic mass is 10.2. The van der Waals surface area contributed by atoms with Gasteiger partial charge in [-0.15, -0.1) is 16.4 Å². The highest BCUT2D eigenvalue weighted by Gasteiger charge is 2.10. The lowest BCUT2D eigenvalue weighted by Crippen LogP contribution is -2.02. The van der Waals surface area contributed by atoms with Crippen LogP contribution in [0.4, 0.5) is 0 Å². The van der Waals surface area contributed by atoms with Crippen LogP contribution < -0.4 is 0 Å². The van der Waals surface area contributed by atoms with Crippen LogP contribution >= 0.6 is 11.3 Å². The second-order valence-corrected chi connectivity index (χ2v) is 5.06. The number of carboxylic acids is 1. The Bertz CT molecular complexity index is 762. The van der Waals surface area contributed by atoms with E-state index in [4.69, 9.17) is 5.11 Å². The number of thiazole rings is 1. The molecule has 0 aliphatic heterocycles. The highest BCUT2D eigenvalue weighted by Crippen LogP contribution is 2.18. The minimum Gasteiger partial charge on any atom is -0.478 e. The monoisotopic (exact) mass is 274 g/mol. The Morgan fingerprint density at radius 2 is 2.32 bits per heavy atom. The average molecular weight is 274 g/mol. The van der Waals surface area contributed by atoms with Crippen LogP contribution in [0.15, 0.2) is 23.7 Å². The lowest BCUT2D eigenvalue weighted by Gasteiger charge is -2.01. The molecule has 0 aliphatic rings. The van der Waals surface area contributed by atoms with E-state index in [2.05, 4.69) is 15.3 Å². The number of aryl methyl sites for hydroxylation is 1. The zero-order chi connectivity index (χ0) is 13.4. The molecule has 0 aliphatic carbocycles. The molecule has 19 heavy (non-hydrogen) atoms. The maximum absolute atomic E-state index is 10.9. The first kappa shape index (κ1) is 11.8. The molecule has 1 aromatic carbocycles. The molecule has 0 saturated heterocycles. The normalized spacial score (nSPS) is 11.0. The molecular formula is C12H10N4O2S. The van der Waals surface area contributed by atoms with Crippen molar-refractivity contribution in [3.63, 3.8) is 0 Å². The number of aromatic nitrogens is 4. The van der Waals surface area contributed by atoms with Crippen molar-refractivity contribution in [1.82, 2.24) is 20.0 Å². The van der Waals surface area contributed by atoms with Gasteiger partial charge < -0.3 is 5.11 Å². The molecule has 0 saturated carbocycles. The summed E-state index contributed by atoms with van der Waals surface area (Å²) in [6.45, 7) is 2.55. The van der Waals surface area contributed by atoms with Crippen LogP contribution in [-0.2, 0) is 6.54 Å². The largest absolute Gasteiger partial charge is 0.478 e. The number of fused-ring (bicyclic) bond motifs is 1. The van der Waals surface area contributed by atoms with E-state index in [0.29, 0.717) is 12.1 Å². The van der Waals surface area contributed by atoms with Crippen LogP contribution in [0.25, 0.3) is 11.0 Å². The lowest BCUT2D eigenvalue weighted by molar-refractivity contribution is 0.0697. The quantitative estimate of drug-likeness (QED) is 0.789. The molecule has 3 aromatic rings. The van der Waals surface area contributed by atoms with Crippen LogP contribution in [0, 0.1) is 6.92 Å². The maximum Gasteiger partial charge on any atom is 0.335 e. The summed E-state index contributed by atoms with van der Waals surface area (Å²) in [5.41, 5.74) is 4.40. The topological polar surface area (TPSA) is 80.9 Å². The third kappa shape index (κ3) is 2.08. The van der Waals surface area contributed by atoms with E-state index in [1.165, 1.54) is 6.07 Å². The third-order valence-electron chi connectivity index (χ3n) is 2.90. The Balaban J connectivity index is 2.02. The maximum atomic E-state index is 10.9. The number of hydrogen-bond donors (Lipinski definition) is 1. The highest BCUT2D eigenvalue weighted by molar-refractivity contribution is 7.09.